The van der Waals surface area contributed by atoms with E-state index in [1.54, 1.807) is 0 Å². The smallest absolute Gasteiger partial charge is 0.0847 e. The molecule has 0 aromatic heterocycles. The number of benzene rings is 1. The second kappa shape index (κ2) is 6.07. The predicted octanol–water partition coefficient (Wildman–Crippen LogP) is 3.14. The zero-order valence-electron chi connectivity index (χ0n) is 13.3. The second-order valence-electron chi connectivity index (χ2n) is 7.03. The quantitative estimate of drug-likeness (QED) is 0.646. The van der Waals surface area contributed by atoms with Crippen LogP contribution in [0.5, 0.6) is 0 Å². The van der Waals surface area contributed by atoms with Crippen molar-refractivity contribution >= 4 is 0 Å². The second-order valence-corrected chi connectivity index (χ2v) is 7.03. The molecule has 3 nitrogen and oxygen atoms in total. The van der Waals surface area contributed by atoms with Crippen LogP contribution in [0.2, 0.25) is 0 Å². The minimum absolute atomic E-state index is 0.0864. The number of hydrogen-bond donors (Lipinski definition) is 2. The molecule has 116 valence electrons. The number of hydrogen-bond acceptors (Lipinski definition) is 3. The minimum Gasteiger partial charge on any atom is -0.377 e. The van der Waals surface area contributed by atoms with Crippen LogP contribution in [0.4, 0.5) is 0 Å². The first-order valence-electron chi connectivity index (χ1n) is 8.27. The highest BCUT2D eigenvalue weighted by Gasteiger charge is 2.43. The van der Waals surface area contributed by atoms with Crippen LogP contribution in [0.15, 0.2) is 24.3 Å². The summed E-state index contributed by atoms with van der Waals surface area (Å²) in [4.78, 5) is 0. The van der Waals surface area contributed by atoms with Crippen LogP contribution in [0.1, 0.15) is 56.1 Å². The molecule has 0 heterocycles. The van der Waals surface area contributed by atoms with Crippen molar-refractivity contribution in [1.29, 1.82) is 0 Å². The molecule has 4 atom stereocenters. The molecule has 4 unspecified atom stereocenters. The predicted molar refractivity (Wildman–Crippen MR) is 86.0 cm³/mol. The van der Waals surface area contributed by atoms with E-state index in [1.165, 1.54) is 30.4 Å². The van der Waals surface area contributed by atoms with Crippen molar-refractivity contribution in [3.05, 3.63) is 35.4 Å². The molecular weight excluding hydrogens is 260 g/mol. The molecule has 0 spiro atoms. The first-order chi connectivity index (χ1) is 10.2. The van der Waals surface area contributed by atoms with E-state index in [9.17, 15) is 0 Å². The van der Waals surface area contributed by atoms with E-state index in [-0.39, 0.29) is 11.6 Å². The fourth-order valence-corrected chi connectivity index (χ4v) is 4.48. The summed E-state index contributed by atoms with van der Waals surface area (Å²) in [5, 5.41) is 0. The largest absolute Gasteiger partial charge is 0.377 e. The number of nitrogens with one attached hydrogen (secondary N) is 1. The highest BCUT2D eigenvalue weighted by molar-refractivity contribution is 5.40. The zero-order valence-corrected chi connectivity index (χ0v) is 13.3. The summed E-state index contributed by atoms with van der Waals surface area (Å²) in [6.07, 6.45) is 7.06. The summed E-state index contributed by atoms with van der Waals surface area (Å²) in [6, 6.07) is 9.02. The lowest BCUT2D eigenvalue weighted by atomic mass is 9.68. The Morgan fingerprint density at radius 3 is 2.90 bits per heavy atom. The number of methoxy groups -OCH3 is 1. The molecule has 0 aliphatic heterocycles. The summed E-state index contributed by atoms with van der Waals surface area (Å²) in [7, 11) is 1.86. The number of hydrazine groups is 1. The van der Waals surface area contributed by atoms with Crippen molar-refractivity contribution in [3.63, 3.8) is 0 Å². The van der Waals surface area contributed by atoms with E-state index in [4.69, 9.17) is 10.6 Å². The Morgan fingerprint density at radius 1 is 1.43 bits per heavy atom. The Morgan fingerprint density at radius 2 is 2.24 bits per heavy atom. The normalized spacial score (nSPS) is 33.1. The van der Waals surface area contributed by atoms with Crippen molar-refractivity contribution in [2.24, 2.45) is 11.8 Å². The number of fused-ring (bicyclic) bond motifs is 1. The van der Waals surface area contributed by atoms with Gasteiger partial charge in [-0.3, -0.25) is 11.3 Å². The summed E-state index contributed by atoms with van der Waals surface area (Å²) in [5.74, 6) is 7.28. The Hall–Kier alpha value is -0.900. The van der Waals surface area contributed by atoms with Gasteiger partial charge in [-0.25, -0.2) is 0 Å². The Labute approximate surface area is 128 Å². The molecule has 3 rings (SSSR count). The average molecular weight is 288 g/mol. The molecular formula is C18H28N2O. The molecule has 21 heavy (non-hydrogen) atoms. The Bertz CT molecular complexity index is 490. The lowest BCUT2D eigenvalue weighted by Gasteiger charge is -2.46. The van der Waals surface area contributed by atoms with Gasteiger partial charge in [-0.1, -0.05) is 44.0 Å². The van der Waals surface area contributed by atoms with Gasteiger partial charge >= 0.3 is 0 Å². The first kappa shape index (κ1) is 15.0. The molecule has 3 N–H and O–H groups in total. The fraction of sp³-hybridized carbons (Fsp3) is 0.667. The average Bonchev–Trinajstić information content (AvgIpc) is 2.48. The Balaban J connectivity index is 1.73. The van der Waals surface area contributed by atoms with Gasteiger partial charge < -0.3 is 4.74 Å². The summed E-state index contributed by atoms with van der Waals surface area (Å²) in [6.45, 7) is 2.33. The first-order valence-corrected chi connectivity index (χ1v) is 8.27. The molecule has 0 bridgehead atoms. The molecule has 1 fully saturated rings. The third-order valence-corrected chi connectivity index (χ3v) is 5.72. The highest BCUT2D eigenvalue weighted by Crippen LogP contribution is 2.43. The monoisotopic (exact) mass is 288 g/mol. The van der Waals surface area contributed by atoms with Crippen molar-refractivity contribution < 1.29 is 4.74 Å². The maximum atomic E-state index is 6.02. The van der Waals surface area contributed by atoms with Gasteiger partial charge in [0.25, 0.3) is 0 Å². The third-order valence-electron chi connectivity index (χ3n) is 5.72. The molecule has 1 saturated carbocycles. The van der Waals surface area contributed by atoms with E-state index in [0.717, 1.165) is 25.2 Å². The van der Waals surface area contributed by atoms with Gasteiger partial charge in [-0.05, 0) is 48.6 Å². The lowest BCUT2D eigenvalue weighted by Crippen LogP contribution is -2.57. The molecule has 0 radical (unpaired) electrons. The lowest BCUT2D eigenvalue weighted by molar-refractivity contribution is -0.0826. The van der Waals surface area contributed by atoms with Gasteiger partial charge in [0.05, 0.1) is 11.6 Å². The molecule has 0 saturated heterocycles. The van der Waals surface area contributed by atoms with E-state index in [2.05, 4.69) is 36.6 Å². The molecule has 2 aliphatic rings. The van der Waals surface area contributed by atoms with Crippen molar-refractivity contribution in [3.8, 4) is 0 Å². The summed E-state index contributed by atoms with van der Waals surface area (Å²) in [5.41, 5.74) is 6.01. The van der Waals surface area contributed by atoms with Crippen LogP contribution in [-0.4, -0.2) is 18.8 Å². The van der Waals surface area contributed by atoms with Crippen molar-refractivity contribution in [1.82, 2.24) is 5.43 Å². The standard InChI is InChI=1S/C18H28N2O/c1-13-6-5-9-18(12-13,21-2)17(20-19)11-15-10-14-7-3-4-8-16(14)15/h3-4,7-8,13,15,17,20H,5-6,9-12,19H2,1-2H3. The van der Waals surface area contributed by atoms with Crippen LogP contribution in [0, 0.1) is 5.92 Å². The Kier molecular flexibility index (Phi) is 4.34. The third kappa shape index (κ3) is 2.75. The molecule has 0 amide bonds. The molecule has 2 aliphatic carbocycles. The van der Waals surface area contributed by atoms with Gasteiger partial charge in [0, 0.05) is 7.11 Å². The SMILES string of the molecule is COC1(C(CC2Cc3ccccc32)NN)CCCC(C)C1. The van der Waals surface area contributed by atoms with Gasteiger partial charge in [0.1, 0.15) is 0 Å². The van der Waals surface area contributed by atoms with Crippen LogP contribution in [0.25, 0.3) is 0 Å². The summed E-state index contributed by atoms with van der Waals surface area (Å²) < 4.78 is 6.02. The van der Waals surface area contributed by atoms with Crippen LogP contribution < -0.4 is 11.3 Å². The zero-order chi connectivity index (χ0) is 14.9. The van der Waals surface area contributed by atoms with E-state index < -0.39 is 0 Å². The van der Waals surface area contributed by atoms with Crippen molar-refractivity contribution in [2.45, 2.75) is 63.0 Å². The molecule has 1 aromatic rings. The maximum Gasteiger partial charge on any atom is 0.0847 e. The van der Waals surface area contributed by atoms with Crippen LogP contribution >= 0.6 is 0 Å². The molecule has 1 aromatic carbocycles. The van der Waals surface area contributed by atoms with Gasteiger partial charge in [0.2, 0.25) is 0 Å². The van der Waals surface area contributed by atoms with Gasteiger partial charge in [-0.15, -0.1) is 0 Å². The van der Waals surface area contributed by atoms with Crippen LogP contribution in [-0.2, 0) is 11.2 Å². The highest BCUT2D eigenvalue weighted by atomic mass is 16.5. The van der Waals surface area contributed by atoms with E-state index >= 15 is 0 Å². The van der Waals surface area contributed by atoms with Gasteiger partial charge in [0.15, 0.2) is 0 Å². The number of ether oxygens (including phenoxy) is 1. The fourth-order valence-electron chi connectivity index (χ4n) is 4.48. The summed E-state index contributed by atoms with van der Waals surface area (Å²) >= 11 is 0. The number of nitrogens with two attached hydrogens (primary N) is 1. The van der Waals surface area contributed by atoms with E-state index in [1.807, 2.05) is 7.11 Å². The van der Waals surface area contributed by atoms with Crippen molar-refractivity contribution in [2.75, 3.05) is 7.11 Å². The topological polar surface area (TPSA) is 47.3 Å². The minimum atomic E-state index is -0.0864. The molecule has 3 heteroatoms. The number of rotatable bonds is 5. The van der Waals surface area contributed by atoms with E-state index in [0.29, 0.717) is 5.92 Å². The maximum absolute atomic E-state index is 6.02. The van der Waals surface area contributed by atoms with Crippen LogP contribution in [0.3, 0.4) is 0 Å². The van der Waals surface area contributed by atoms with Gasteiger partial charge in [-0.2, -0.15) is 0 Å².